The molecule has 3 N–H and O–H groups in total. The van der Waals surface area contributed by atoms with Gasteiger partial charge in [-0.25, -0.2) is 9.97 Å². The number of rotatable bonds is 5. The van der Waals surface area contributed by atoms with Crippen LogP contribution in [0.3, 0.4) is 0 Å². The number of nitrogens with two attached hydrogens (primary N) is 1. The Morgan fingerprint density at radius 3 is 2.77 bits per heavy atom. The largest absolute Gasteiger partial charge is 0.366 e. The molecule has 5 rings (SSSR count). The molecule has 0 saturated carbocycles. The van der Waals surface area contributed by atoms with Crippen LogP contribution in [0.4, 0.5) is 5.82 Å². The van der Waals surface area contributed by atoms with E-state index < -0.39 is 5.91 Å². The molecule has 30 heavy (non-hydrogen) atoms. The van der Waals surface area contributed by atoms with Crippen molar-refractivity contribution in [2.24, 2.45) is 5.73 Å². The highest BCUT2D eigenvalue weighted by Crippen LogP contribution is 2.33. The van der Waals surface area contributed by atoms with E-state index in [0.717, 1.165) is 35.7 Å². The number of carbonyl (C=O) groups is 1. The fraction of sp³-hybridized carbons (Fsp3) is 0.182. The molecule has 0 fully saturated rings. The third-order valence-corrected chi connectivity index (χ3v) is 5.22. The summed E-state index contributed by atoms with van der Waals surface area (Å²) in [5, 5.41) is 8.17. The van der Waals surface area contributed by atoms with E-state index in [0.29, 0.717) is 34.6 Å². The van der Waals surface area contributed by atoms with Crippen LogP contribution in [-0.2, 0) is 19.6 Å². The van der Waals surface area contributed by atoms with Gasteiger partial charge in [-0.3, -0.25) is 9.69 Å². The molecule has 0 spiro atoms. The zero-order valence-corrected chi connectivity index (χ0v) is 16.4. The Balaban J connectivity index is 1.58. The first-order valence-corrected chi connectivity index (χ1v) is 9.65. The van der Waals surface area contributed by atoms with Crippen molar-refractivity contribution in [3.8, 4) is 11.6 Å². The first-order chi connectivity index (χ1) is 14.6. The summed E-state index contributed by atoms with van der Waals surface area (Å²) in [5.41, 5.74) is 9.39. The van der Waals surface area contributed by atoms with Gasteiger partial charge >= 0.3 is 0 Å². The zero-order chi connectivity index (χ0) is 20.7. The van der Waals surface area contributed by atoms with Crippen LogP contribution >= 0.6 is 0 Å². The van der Waals surface area contributed by atoms with Crippen LogP contribution in [-0.4, -0.2) is 33.0 Å². The van der Waals surface area contributed by atoms with Crippen LogP contribution in [0.15, 0.2) is 53.1 Å². The van der Waals surface area contributed by atoms with E-state index in [4.69, 9.17) is 20.2 Å². The number of benzene rings is 2. The van der Waals surface area contributed by atoms with Gasteiger partial charge in [-0.15, -0.1) is 0 Å². The Bertz CT molecular complexity index is 1250. The van der Waals surface area contributed by atoms with Crippen LogP contribution in [0.5, 0.6) is 0 Å². The van der Waals surface area contributed by atoms with Gasteiger partial charge in [-0.2, -0.15) is 0 Å². The first-order valence-electron chi connectivity index (χ1n) is 9.65. The molecular formula is C22H20N6O2. The fourth-order valence-electron chi connectivity index (χ4n) is 3.76. The van der Waals surface area contributed by atoms with E-state index in [1.54, 1.807) is 12.1 Å². The highest BCUT2D eigenvalue weighted by Gasteiger charge is 2.26. The number of amides is 1. The summed E-state index contributed by atoms with van der Waals surface area (Å²) in [6, 6.07) is 15.4. The molecule has 1 amide bonds. The van der Waals surface area contributed by atoms with Gasteiger partial charge in [-0.1, -0.05) is 41.6 Å². The van der Waals surface area contributed by atoms with Crippen molar-refractivity contribution in [3.63, 3.8) is 0 Å². The summed E-state index contributed by atoms with van der Waals surface area (Å²) in [6.45, 7) is 2.15. The molecule has 4 aromatic rings. The first kappa shape index (κ1) is 18.3. The van der Waals surface area contributed by atoms with Gasteiger partial charge in [0.15, 0.2) is 0 Å². The molecule has 0 aliphatic carbocycles. The number of hydrogen-bond acceptors (Lipinski definition) is 7. The monoisotopic (exact) mass is 400 g/mol. The Labute approximate surface area is 172 Å². The number of hydrogen-bond donors (Lipinski definition) is 2. The highest BCUT2D eigenvalue weighted by molar-refractivity contribution is 6.07. The minimum absolute atomic E-state index is 0.311. The van der Waals surface area contributed by atoms with Crippen molar-refractivity contribution < 1.29 is 9.32 Å². The fourth-order valence-corrected chi connectivity index (χ4v) is 3.76. The second-order valence-electron chi connectivity index (χ2n) is 7.41. The maximum atomic E-state index is 11.7. The second kappa shape index (κ2) is 7.23. The summed E-state index contributed by atoms with van der Waals surface area (Å²) < 4.78 is 5.57. The molecule has 2 aromatic heterocycles. The number of anilines is 1. The maximum absolute atomic E-state index is 11.7. The van der Waals surface area contributed by atoms with Gasteiger partial charge in [0.1, 0.15) is 11.3 Å². The van der Waals surface area contributed by atoms with Crippen molar-refractivity contribution in [2.75, 3.05) is 12.4 Å². The molecule has 0 unspecified atom stereocenters. The van der Waals surface area contributed by atoms with Crippen LogP contribution in [0.1, 0.15) is 27.2 Å². The van der Waals surface area contributed by atoms with Crippen molar-refractivity contribution in [3.05, 3.63) is 70.9 Å². The average Bonchev–Trinajstić information content (AvgIpc) is 3.35. The lowest BCUT2D eigenvalue weighted by Gasteiger charge is -2.11. The SMILES string of the molecule is CN1Cc2nc(-c3onc4c(C(N)=O)cccc34)nc(NCc3ccccc3)c2C1. The predicted octanol–water partition coefficient (Wildman–Crippen LogP) is 2.94. The number of carbonyl (C=O) groups excluding carboxylic acids is 1. The quantitative estimate of drug-likeness (QED) is 0.530. The van der Waals surface area contributed by atoms with E-state index in [9.17, 15) is 4.79 Å². The average molecular weight is 400 g/mol. The minimum Gasteiger partial charge on any atom is -0.366 e. The Morgan fingerprint density at radius 1 is 1.13 bits per heavy atom. The van der Waals surface area contributed by atoms with Gasteiger partial charge in [0.05, 0.1) is 16.6 Å². The molecule has 0 bridgehead atoms. The number of nitrogens with zero attached hydrogens (tertiary/aromatic N) is 4. The smallest absolute Gasteiger partial charge is 0.251 e. The molecule has 2 aromatic carbocycles. The molecule has 150 valence electrons. The minimum atomic E-state index is -0.554. The second-order valence-corrected chi connectivity index (χ2v) is 7.41. The Morgan fingerprint density at radius 2 is 1.97 bits per heavy atom. The highest BCUT2D eigenvalue weighted by atomic mass is 16.5. The van der Waals surface area contributed by atoms with Gasteiger partial charge in [-0.05, 0) is 24.7 Å². The van der Waals surface area contributed by atoms with Crippen molar-refractivity contribution in [1.29, 1.82) is 0 Å². The number of nitrogens with one attached hydrogen (secondary N) is 1. The van der Waals surface area contributed by atoms with Crippen LogP contribution in [0, 0.1) is 0 Å². The van der Waals surface area contributed by atoms with Crippen LogP contribution in [0.2, 0.25) is 0 Å². The molecular weight excluding hydrogens is 380 g/mol. The van der Waals surface area contributed by atoms with Gasteiger partial charge in [0.25, 0.3) is 5.91 Å². The van der Waals surface area contributed by atoms with Gasteiger partial charge in [0.2, 0.25) is 11.6 Å². The van der Waals surface area contributed by atoms with E-state index >= 15 is 0 Å². The van der Waals surface area contributed by atoms with Crippen LogP contribution < -0.4 is 11.1 Å². The van der Waals surface area contributed by atoms with Gasteiger partial charge < -0.3 is 15.6 Å². The summed E-state index contributed by atoms with van der Waals surface area (Å²) in [5.74, 6) is 1.08. The van der Waals surface area contributed by atoms with Crippen molar-refractivity contribution in [1.82, 2.24) is 20.0 Å². The predicted molar refractivity (Wildman–Crippen MR) is 112 cm³/mol. The summed E-state index contributed by atoms with van der Waals surface area (Å²) in [6.07, 6.45) is 0. The van der Waals surface area contributed by atoms with E-state index in [2.05, 4.69) is 27.5 Å². The number of primary amides is 1. The standard InChI is InChI=1S/C22H20N6O2/c1-28-11-16-17(12-28)25-22(26-21(16)24-10-13-6-3-2-4-7-13)19-14-8-5-9-15(20(23)29)18(14)27-30-19/h2-9H,10-12H2,1H3,(H2,23,29)(H,24,25,26). The molecule has 3 heterocycles. The summed E-state index contributed by atoms with van der Waals surface area (Å²) in [7, 11) is 2.05. The number of aromatic nitrogens is 3. The molecule has 1 aliphatic rings. The van der Waals surface area contributed by atoms with Crippen molar-refractivity contribution in [2.45, 2.75) is 19.6 Å². The van der Waals surface area contributed by atoms with Crippen molar-refractivity contribution >= 4 is 22.6 Å². The third kappa shape index (κ3) is 3.17. The summed E-state index contributed by atoms with van der Waals surface area (Å²) in [4.78, 5) is 23.4. The maximum Gasteiger partial charge on any atom is 0.251 e. The van der Waals surface area contributed by atoms with E-state index in [1.807, 2.05) is 31.3 Å². The molecule has 0 atom stereocenters. The Kier molecular flexibility index (Phi) is 4.40. The topological polar surface area (TPSA) is 110 Å². The molecule has 1 aliphatic heterocycles. The molecule has 8 heteroatoms. The molecule has 0 radical (unpaired) electrons. The molecule has 0 saturated heterocycles. The summed E-state index contributed by atoms with van der Waals surface area (Å²) >= 11 is 0. The Hall–Kier alpha value is -3.78. The zero-order valence-electron chi connectivity index (χ0n) is 16.4. The lowest BCUT2D eigenvalue weighted by Crippen LogP contribution is -2.11. The number of fused-ring (bicyclic) bond motifs is 2. The van der Waals surface area contributed by atoms with Gasteiger partial charge in [0, 0.05) is 25.2 Å². The lowest BCUT2D eigenvalue weighted by molar-refractivity contribution is 0.100. The van der Waals surface area contributed by atoms with E-state index in [-0.39, 0.29) is 0 Å². The normalized spacial score (nSPS) is 13.5. The third-order valence-electron chi connectivity index (χ3n) is 5.22. The van der Waals surface area contributed by atoms with E-state index in [1.165, 1.54) is 0 Å². The van der Waals surface area contributed by atoms with Crippen LogP contribution in [0.25, 0.3) is 22.5 Å². The lowest BCUT2D eigenvalue weighted by atomic mass is 10.1. The molecule has 8 nitrogen and oxygen atoms in total.